The lowest BCUT2D eigenvalue weighted by molar-refractivity contribution is -0.247. The molecule has 1 aromatic heterocycles. The van der Waals surface area contributed by atoms with Gasteiger partial charge in [0.25, 0.3) is 5.56 Å². The Labute approximate surface area is 138 Å². The van der Waals surface area contributed by atoms with Gasteiger partial charge in [-0.1, -0.05) is 13.3 Å². The van der Waals surface area contributed by atoms with Gasteiger partial charge in [-0.25, -0.2) is 4.79 Å². The fraction of sp³-hybridized carbons (Fsp3) is 0.615. The summed E-state index contributed by atoms with van der Waals surface area (Å²) in [6, 6.07) is 1.04. The van der Waals surface area contributed by atoms with Crippen LogP contribution in [0.15, 0.2) is 10.9 Å². The summed E-state index contributed by atoms with van der Waals surface area (Å²) in [4.78, 5) is 25.1. The van der Waals surface area contributed by atoms with Crippen molar-refractivity contribution in [2.45, 2.75) is 50.4 Å². The number of aliphatic hydroxyl groups is 3. The number of ether oxygens (including phenoxy) is 1. The highest BCUT2D eigenvalue weighted by atomic mass is 32.1. The first-order chi connectivity index (χ1) is 11.4. The highest BCUT2D eigenvalue weighted by Gasteiger charge is 2.48. The van der Waals surface area contributed by atoms with E-state index in [1.54, 1.807) is 0 Å². The van der Waals surface area contributed by atoms with Crippen molar-refractivity contribution in [2.24, 2.45) is 0 Å². The highest BCUT2D eigenvalue weighted by molar-refractivity contribution is 7.71. The van der Waals surface area contributed by atoms with E-state index < -0.39 is 48.5 Å². The number of carboxylic acids is 1. The van der Waals surface area contributed by atoms with Crippen LogP contribution in [0, 0.1) is 4.77 Å². The number of hydrogen-bond donors (Lipinski definition) is 5. The van der Waals surface area contributed by atoms with Crippen molar-refractivity contribution in [2.75, 3.05) is 0 Å². The van der Waals surface area contributed by atoms with Crippen molar-refractivity contribution in [1.82, 2.24) is 9.55 Å². The first-order valence-corrected chi connectivity index (χ1v) is 7.10. The lowest BCUT2D eigenvalue weighted by atomic mass is 9.97. The molecule has 9 nitrogen and oxygen atoms in total. The molecule has 0 bridgehead atoms. The number of aromatic nitrogens is 2. The Morgan fingerprint density at radius 2 is 2.09 bits per heavy atom. The van der Waals surface area contributed by atoms with Gasteiger partial charge in [-0.05, 0) is 18.6 Å². The topological polar surface area (TPSA) is 145 Å². The Morgan fingerprint density at radius 3 is 2.65 bits per heavy atom. The van der Waals surface area contributed by atoms with Crippen molar-refractivity contribution in [3.8, 4) is 0 Å². The van der Waals surface area contributed by atoms with E-state index in [1.807, 2.05) is 0 Å². The number of nitrogens with zero attached hydrogens (tertiary/aromatic N) is 1. The van der Waals surface area contributed by atoms with E-state index in [9.17, 15) is 24.9 Å². The number of carboxylic acid groups (broad SMARTS) is 1. The minimum absolute atomic E-state index is 0.0398. The largest absolute Gasteiger partial charge is 0.479 e. The predicted octanol–water partition coefficient (Wildman–Crippen LogP) is -1.08. The summed E-state index contributed by atoms with van der Waals surface area (Å²) in [6.45, 7) is 1.26. The molecule has 128 valence electrons. The van der Waals surface area contributed by atoms with E-state index in [4.69, 9.17) is 24.8 Å². The minimum atomic E-state index is -1.87. The maximum atomic E-state index is 11.7. The van der Waals surface area contributed by atoms with E-state index in [2.05, 4.69) is 4.98 Å². The van der Waals surface area contributed by atoms with Gasteiger partial charge in [0.2, 0.25) is 0 Å². The SMILES string of the molecule is [2H]C([2H])(C)Cc1cc(=O)[nH]c(=S)n1C1OC(C(=O)O)C(O)C(O)C1O. The predicted molar refractivity (Wildman–Crippen MR) is 79.4 cm³/mol. The molecule has 1 aliphatic rings. The van der Waals surface area contributed by atoms with Crippen LogP contribution in [0.1, 0.15) is 28.0 Å². The summed E-state index contributed by atoms with van der Waals surface area (Å²) in [6.07, 6.45) is -10.9. The molecule has 23 heavy (non-hydrogen) atoms. The Balaban J connectivity index is 2.57. The molecule has 5 N–H and O–H groups in total. The third kappa shape index (κ3) is 3.35. The van der Waals surface area contributed by atoms with Crippen molar-refractivity contribution < 1.29 is 32.7 Å². The van der Waals surface area contributed by atoms with Gasteiger partial charge < -0.3 is 25.2 Å². The molecule has 1 saturated heterocycles. The second kappa shape index (κ2) is 6.89. The standard InChI is InChI=1S/C13H18N2O7S/c1-2-3-5-4-6(16)14-13(23)15(5)11-9(19)7(17)8(18)10(22-11)12(20)21/h4,7-11,17-19H,2-3H2,1H3,(H,20,21)(H,14,16,23)/i2D2. The minimum Gasteiger partial charge on any atom is -0.479 e. The summed E-state index contributed by atoms with van der Waals surface area (Å²) in [5, 5.41) is 39.0. The molecule has 0 aromatic carbocycles. The Bertz CT molecular complexity index is 775. The highest BCUT2D eigenvalue weighted by Crippen LogP contribution is 2.29. The molecule has 5 atom stereocenters. The van der Waals surface area contributed by atoms with Gasteiger partial charge >= 0.3 is 5.97 Å². The second-order valence-corrected chi connectivity index (χ2v) is 5.47. The Hall–Kier alpha value is -1.59. The fourth-order valence-electron chi connectivity index (χ4n) is 2.43. The van der Waals surface area contributed by atoms with Gasteiger partial charge in [0, 0.05) is 14.5 Å². The van der Waals surface area contributed by atoms with Crippen LogP contribution in [-0.4, -0.2) is 60.4 Å². The molecule has 0 amide bonds. The third-order valence-corrected chi connectivity index (χ3v) is 3.80. The van der Waals surface area contributed by atoms with E-state index in [0.717, 1.165) is 10.6 Å². The van der Waals surface area contributed by atoms with E-state index in [-0.39, 0.29) is 16.9 Å². The molecule has 5 unspecified atom stereocenters. The van der Waals surface area contributed by atoms with Crippen molar-refractivity contribution in [3.63, 3.8) is 0 Å². The normalized spacial score (nSPS) is 33.0. The molecule has 10 heteroatoms. The van der Waals surface area contributed by atoms with Crippen molar-refractivity contribution >= 4 is 18.2 Å². The molecule has 1 aromatic rings. The Kier molecular flexibility index (Phi) is 4.48. The molecule has 0 saturated carbocycles. The number of rotatable bonds is 4. The average Bonchev–Trinajstić information content (AvgIpc) is 2.44. The van der Waals surface area contributed by atoms with Gasteiger partial charge in [-0.3, -0.25) is 14.3 Å². The second-order valence-electron chi connectivity index (χ2n) is 5.09. The number of nitrogens with one attached hydrogen (secondary N) is 1. The maximum absolute atomic E-state index is 11.7. The van der Waals surface area contributed by atoms with E-state index in [1.165, 1.54) is 6.92 Å². The molecule has 2 heterocycles. The first kappa shape index (κ1) is 15.0. The van der Waals surface area contributed by atoms with Crippen LogP contribution in [0.5, 0.6) is 0 Å². The zero-order valence-electron chi connectivity index (χ0n) is 14.0. The molecule has 1 fully saturated rings. The van der Waals surface area contributed by atoms with Gasteiger partial charge in [0.15, 0.2) is 17.1 Å². The zero-order chi connectivity index (χ0) is 19.1. The van der Waals surface area contributed by atoms with Crippen molar-refractivity contribution in [1.29, 1.82) is 0 Å². The van der Waals surface area contributed by atoms with Gasteiger partial charge in [0.1, 0.15) is 18.3 Å². The van der Waals surface area contributed by atoms with E-state index in [0.29, 0.717) is 0 Å². The quantitative estimate of drug-likeness (QED) is 0.432. The van der Waals surface area contributed by atoms with Crippen LogP contribution >= 0.6 is 12.2 Å². The van der Waals surface area contributed by atoms with Crippen LogP contribution in [0.3, 0.4) is 0 Å². The molecule has 0 radical (unpaired) electrons. The molecule has 2 rings (SSSR count). The van der Waals surface area contributed by atoms with Crippen molar-refractivity contribution in [3.05, 3.63) is 26.9 Å². The third-order valence-electron chi connectivity index (χ3n) is 3.50. The molecular formula is C13H18N2O7S. The molecule has 1 aliphatic heterocycles. The molecule has 0 spiro atoms. The number of aryl methyl sites for hydroxylation is 1. The monoisotopic (exact) mass is 348 g/mol. The number of aliphatic hydroxyl groups excluding tert-OH is 3. The molecular weight excluding hydrogens is 328 g/mol. The Morgan fingerprint density at radius 1 is 1.43 bits per heavy atom. The lowest BCUT2D eigenvalue weighted by Gasteiger charge is -2.40. The number of aromatic amines is 1. The first-order valence-electron chi connectivity index (χ1n) is 7.69. The summed E-state index contributed by atoms with van der Waals surface area (Å²) in [5.41, 5.74) is -0.570. The van der Waals surface area contributed by atoms with E-state index >= 15 is 0 Å². The number of hydrogen-bond acceptors (Lipinski definition) is 7. The summed E-state index contributed by atoms with van der Waals surface area (Å²) in [7, 11) is 0. The van der Waals surface area contributed by atoms with Crippen LogP contribution in [0.4, 0.5) is 0 Å². The zero-order valence-corrected chi connectivity index (χ0v) is 12.9. The number of H-pyrrole nitrogens is 1. The average molecular weight is 348 g/mol. The summed E-state index contributed by atoms with van der Waals surface area (Å²) < 4.78 is 21.3. The molecule has 0 aliphatic carbocycles. The fourth-order valence-corrected chi connectivity index (χ4v) is 2.75. The van der Waals surface area contributed by atoms with Gasteiger partial charge in [-0.15, -0.1) is 0 Å². The lowest BCUT2D eigenvalue weighted by Crippen LogP contribution is -2.58. The van der Waals surface area contributed by atoms with Gasteiger partial charge in [-0.2, -0.15) is 0 Å². The van der Waals surface area contributed by atoms with Crippen LogP contribution in [-0.2, 0) is 16.0 Å². The number of carbonyl (C=O) groups is 1. The van der Waals surface area contributed by atoms with Crippen LogP contribution < -0.4 is 5.56 Å². The number of aliphatic carboxylic acids is 1. The van der Waals surface area contributed by atoms with Crippen LogP contribution in [0.2, 0.25) is 0 Å². The summed E-state index contributed by atoms with van der Waals surface area (Å²) in [5.74, 6) is -1.56. The summed E-state index contributed by atoms with van der Waals surface area (Å²) >= 11 is 5.02. The van der Waals surface area contributed by atoms with Gasteiger partial charge in [0.05, 0.1) is 0 Å². The smallest absolute Gasteiger partial charge is 0.335 e. The van der Waals surface area contributed by atoms with Crippen LogP contribution in [0.25, 0.3) is 0 Å². The maximum Gasteiger partial charge on any atom is 0.335 e.